The maximum Gasteiger partial charge on any atom is 0.124 e. The van der Waals surface area contributed by atoms with Crippen LogP contribution < -0.4 is 0 Å². The van der Waals surface area contributed by atoms with Crippen LogP contribution in [0.3, 0.4) is 0 Å². The largest absolute Gasteiger partial charge is 0.380 e. The normalized spacial score (nSPS) is 23.2. The summed E-state index contributed by atoms with van der Waals surface area (Å²) in [5.74, 6) is 0. The molecule has 1 rings (SSSR count). The zero-order valence-electron chi connectivity index (χ0n) is 6.93. The Hall–Kier alpha value is -0.240. The van der Waals surface area contributed by atoms with Crippen molar-refractivity contribution in [3.05, 3.63) is 0 Å². The van der Waals surface area contributed by atoms with Crippen molar-refractivity contribution >= 4 is 0 Å². The predicted octanol–water partition coefficient (Wildman–Crippen LogP) is -2.02. The summed E-state index contributed by atoms with van der Waals surface area (Å²) in [5.41, 5.74) is 0. The first kappa shape index (κ1) is 9.85. The molecular formula is C6H15N3O3. The predicted molar refractivity (Wildman–Crippen MR) is 41.1 cm³/mol. The van der Waals surface area contributed by atoms with E-state index in [1.165, 1.54) is 5.12 Å². The summed E-state index contributed by atoms with van der Waals surface area (Å²) in [6, 6.07) is 0. The summed E-state index contributed by atoms with van der Waals surface area (Å²) < 4.78 is 0. The first-order chi connectivity index (χ1) is 5.83. The average Bonchev–Trinajstić information content (AvgIpc) is 2.16. The van der Waals surface area contributed by atoms with E-state index in [0.29, 0.717) is 13.1 Å². The monoisotopic (exact) mass is 177 g/mol. The maximum atomic E-state index is 8.91. The fourth-order valence-electron chi connectivity index (χ4n) is 1.31. The van der Waals surface area contributed by atoms with Crippen molar-refractivity contribution < 1.29 is 15.3 Å². The van der Waals surface area contributed by atoms with Crippen molar-refractivity contribution in [2.24, 2.45) is 0 Å². The zero-order valence-corrected chi connectivity index (χ0v) is 6.93. The molecule has 0 bridgehead atoms. The van der Waals surface area contributed by atoms with E-state index in [-0.39, 0.29) is 20.2 Å². The molecule has 0 saturated carbocycles. The third kappa shape index (κ3) is 1.92. The molecular weight excluding hydrogens is 162 g/mol. The Morgan fingerprint density at radius 1 is 0.833 bits per heavy atom. The van der Waals surface area contributed by atoms with Crippen LogP contribution in [-0.4, -0.2) is 63.7 Å². The van der Waals surface area contributed by atoms with E-state index in [1.54, 1.807) is 10.0 Å². The molecule has 72 valence electrons. The van der Waals surface area contributed by atoms with Crippen molar-refractivity contribution in [1.82, 2.24) is 15.1 Å². The van der Waals surface area contributed by atoms with Crippen LogP contribution in [-0.2, 0) is 0 Å². The molecule has 0 amide bonds. The van der Waals surface area contributed by atoms with Gasteiger partial charge < -0.3 is 15.3 Å². The van der Waals surface area contributed by atoms with Gasteiger partial charge in [0.15, 0.2) is 0 Å². The Kier molecular flexibility index (Phi) is 3.86. The summed E-state index contributed by atoms with van der Waals surface area (Å²) in [5, 5.41) is 31.2. The Bertz CT molecular complexity index is 123. The first-order valence-electron chi connectivity index (χ1n) is 3.93. The summed E-state index contributed by atoms with van der Waals surface area (Å²) in [6.45, 7) is 0.899. The van der Waals surface area contributed by atoms with Crippen molar-refractivity contribution in [2.75, 3.05) is 33.3 Å². The Balaban J connectivity index is 2.52. The molecule has 0 aliphatic carbocycles. The lowest BCUT2D eigenvalue weighted by Crippen LogP contribution is -2.58. The van der Waals surface area contributed by atoms with Gasteiger partial charge in [-0.15, -0.1) is 5.12 Å². The minimum absolute atomic E-state index is 0.142. The van der Waals surface area contributed by atoms with Crippen molar-refractivity contribution in [2.45, 2.75) is 6.42 Å². The van der Waals surface area contributed by atoms with Crippen LogP contribution in [0.1, 0.15) is 6.42 Å². The number of hydrogen-bond donors (Lipinski definition) is 3. The summed E-state index contributed by atoms with van der Waals surface area (Å²) in [6.07, 6.45) is 0.873. The number of aliphatic hydroxyl groups excluding tert-OH is 3. The molecule has 3 N–H and O–H groups in total. The molecule has 1 aliphatic heterocycles. The van der Waals surface area contributed by atoms with Crippen molar-refractivity contribution in [3.8, 4) is 0 Å². The van der Waals surface area contributed by atoms with Gasteiger partial charge >= 0.3 is 0 Å². The lowest BCUT2D eigenvalue weighted by molar-refractivity contribution is -0.277. The van der Waals surface area contributed by atoms with Crippen LogP contribution in [0.25, 0.3) is 0 Å². The molecule has 0 aromatic rings. The fourth-order valence-corrected chi connectivity index (χ4v) is 1.31. The second kappa shape index (κ2) is 4.70. The molecule has 0 spiro atoms. The van der Waals surface area contributed by atoms with Crippen LogP contribution in [0.5, 0.6) is 0 Å². The van der Waals surface area contributed by atoms with Gasteiger partial charge in [-0.2, -0.15) is 0 Å². The Labute approximate surface area is 71.2 Å². The van der Waals surface area contributed by atoms with Gasteiger partial charge in [0.05, 0.1) is 0 Å². The van der Waals surface area contributed by atoms with Crippen LogP contribution in [0.2, 0.25) is 0 Å². The lowest BCUT2D eigenvalue weighted by Gasteiger charge is -2.42. The molecule has 6 nitrogen and oxygen atoms in total. The van der Waals surface area contributed by atoms with Gasteiger partial charge in [0.1, 0.15) is 20.2 Å². The molecule has 1 heterocycles. The molecule has 0 aromatic heterocycles. The van der Waals surface area contributed by atoms with Gasteiger partial charge in [-0.3, -0.25) is 0 Å². The number of nitrogens with zero attached hydrogens (tertiary/aromatic N) is 3. The van der Waals surface area contributed by atoms with E-state index >= 15 is 0 Å². The lowest BCUT2D eigenvalue weighted by atomic mass is 10.4. The van der Waals surface area contributed by atoms with Crippen LogP contribution >= 0.6 is 0 Å². The van der Waals surface area contributed by atoms with Gasteiger partial charge in [0.2, 0.25) is 0 Å². The van der Waals surface area contributed by atoms with Gasteiger partial charge in [0, 0.05) is 13.1 Å². The van der Waals surface area contributed by atoms with Gasteiger partial charge in [0.25, 0.3) is 0 Å². The van der Waals surface area contributed by atoms with Gasteiger partial charge in [-0.1, -0.05) is 0 Å². The Morgan fingerprint density at radius 2 is 1.33 bits per heavy atom. The molecule has 6 heteroatoms. The summed E-state index contributed by atoms with van der Waals surface area (Å²) >= 11 is 0. The number of hydrazine groups is 2. The van der Waals surface area contributed by atoms with E-state index in [4.69, 9.17) is 15.3 Å². The van der Waals surface area contributed by atoms with Crippen LogP contribution in [0, 0.1) is 0 Å². The third-order valence-corrected chi connectivity index (χ3v) is 1.94. The zero-order chi connectivity index (χ0) is 8.97. The van der Waals surface area contributed by atoms with Crippen LogP contribution in [0.15, 0.2) is 0 Å². The minimum Gasteiger partial charge on any atom is -0.380 e. The van der Waals surface area contributed by atoms with E-state index in [0.717, 1.165) is 6.42 Å². The van der Waals surface area contributed by atoms with E-state index in [1.807, 2.05) is 0 Å². The van der Waals surface area contributed by atoms with E-state index in [2.05, 4.69) is 0 Å². The summed E-state index contributed by atoms with van der Waals surface area (Å²) in [7, 11) is 0. The standard InChI is InChI=1S/C6H15N3O3/c10-4-7-2-1-3-8(5-11)9(7)6-12/h10-12H,1-6H2. The van der Waals surface area contributed by atoms with E-state index in [9.17, 15) is 0 Å². The molecule has 12 heavy (non-hydrogen) atoms. The summed E-state index contributed by atoms with van der Waals surface area (Å²) in [4.78, 5) is 0. The van der Waals surface area contributed by atoms with Crippen molar-refractivity contribution in [1.29, 1.82) is 0 Å². The number of hydrogen-bond acceptors (Lipinski definition) is 6. The number of rotatable bonds is 3. The molecule has 1 aliphatic rings. The second-order valence-electron chi connectivity index (χ2n) is 2.61. The van der Waals surface area contributed by atoms with Gasteiger partial charge in [-0.25, -0.2) is 10.0 Å². The highest BCUT2D eigenvalue weighted by Gasteiger charge is 2.24. The molecule has 0 unspecified atom stereocenters. The van der Waals surface area contributed by atoms with Crippen molar-refractivity contribution in [3.63, 3.8) is 0 Å². The number of aliphatic hydroxyl groups is 3. The smallest absolute Gasteiger partial charge is 0.124 e. The highest BCUT2D eigenvalue weighted by Crippen LogP contribution is 2.09. The Morgan fingerprint density at radius 3 is 1.67 bits per heavy atom. The average molecular weight is 177 g/mol. The van der Waals surface area contributed by atoms with Crippen LogP contribution in [0.4, 0.5) is 0 Å². The first-order valence-corrected chi connectivity index (χ1v) is 3.93. The quantitative estimate of drug-likeness (QED) is 0.462. The topological polar surface area (TPSA) is 70.4 Å². The molecule has 1 saturated heterocycles. The highest BCUT2D eigenvalue weighted by atomic mass is 16.3. The molecule has 0 atom stereocenters. The maximum absolute atomic E-state index is 8.91. The second-order valence-corrected chi connectivity index (χ2v) is 2.61. The highest BCUT2D eigenvalue weighted by molar-refractivity contribution is 4.59. The van der Waals surface area contributed by atoms with Gasteiger partial charge in [-0.05, 0) is 6.42 Å². The molecule has 1 fully saturated rings. The molecule has 0 radical (unpaired) electrons. The molecule has 0 aromatic carbocycles. The SMILES string of the molecule is OCN1CCCN(CO)N1CO. The third-order valence-electron chi connectivity index (χ3n) is 1.94. The fraction of sp³-hybridized carbons (Fsp3) is 1.00. The minimum atomic E-state index is -0.221. The van der Waals surface area contributed by atoms with E-state index < -0.39 is 0 Å².